The fourth-order valence-electron chi connectivity index (χ4n) is 4.45. The highest BCUT2D eigenvalue weighted by Crippen LogP contribution is 2.53. The Morgan fingerprint density at radius 1 is 1.37 bits per heavy atom. The van der Waals surface area contributed by atoms with Gasteiger partial charge in [0, 0.05) is 31.9 Å². The lowest BCUT2D eigenvalue weighted by Crippen LogP contribution is -2.45. The summed E-state index contributed by atoms with van der Waals surface area (Å²) in [6.45, 7) is 7.13. The van der Waals surface area contributed by atoms with Crippen molar-refractivity contribution in [2.75, 3.05) is 24.5 Å². The van der Waals surface area contributed by atoms with Gasteiger partial charge >= 0.3 is 0 Å². The molecule has 0 amide bonds. The van der Waals surface area contributed by atoms with Crippen LogP contribution in [0.3, 0.4) is 0 Å². The molecule has 0 aromatic heterocycles. The van der Waals surface area contributed by atoms with Gasteiger partial charge in [-0.15, -0.1) is 12.4 Å². The van der Waals surface area contributed by atoms with Crippen molar-refractivity contribution in [3.05, 3.63) is 29.3 Å². The summed E-state index contributed by atoms with van der Waals surface area (Å²) >= 11 is 0. The zero-order valence-corrected chi connectivity index (χ0v) is 12.4. The Morgan fingerprint density at radius 2 is 2.26 bits per heavy atom. The molecule has 3 aliphatic rings. The second-order valence-electron chi connectivity index (χ2n) is 6.44. The Hall–Kier alpha value is -0.730. The number of benzene rings is 1. The number of hydrogen-bond acceptors (Lipinski definition) is 2. The van der Waals surface area contributed by atoms with E-state index < -0.39 is 0 Å². The first-order valence-electron chi connectivity index (χ1n) is 7.37. The Morgan fingerprint density at radius 3 is 3.16 bits per heavy atom. The molecule has 1 N–H and O–H groups in total. The molecule has 2 nitrogen and oxygen atoms in total. The molecule has 2 aliphatic heterocycles. The van der Waals surface area contributed by atoms with Crippen LogP contribution in [0.15, 0.2) is 18.2 Å². The van der Waals surface area contributed by atoms with Crippen molar-refractivity contribution >= 4 is 18.1 Å². The molecule has 104 valence electrons. The Bertz CT molecular complexity index is 488. The van der Waals surface area contributed by atoms with E-state index in [4.69, 9.17) is 0 Å². The maximum atomic E-state index is 3.56. The summed E-state index contributed by atoms with van der Waals surface area (Å²) in [5, 5.41) is 3.56. The molecule has 2 atom stereocenters. The lowest BCUT2D eigenvalue weighted by atomic mass is 9.70. The van der Waals surface area contributed by atoms with E-state index in [1.807, 2.05) is 0 Å². The van der Waals surface area contributed by atoms with Crippen LogP contribution in [0.2, 0.25) is 0 Å². The number of nitrogens with one attached hydrogen (secondary N) is 1. The van der Waals surface area contributed by atoms with E-state index in [0.717, 1.165) is 19.0 Å². The first-order chi connectivity index (χ1) is 8.79. The average molecular weight is 279 g/mol. The van der Waals surface area contributed by atoms with Crippen LogP contribution in [-0.4, -0.2) is 19.6 Å². The highest BCUT2D eigenvalue weighted by atomic mass is 35.5. The monoisotopic (exact) mass is 278 g/mol. The molecule has 0 saturated heterocycles. The summed E-state index contributed by atoms with van der Waals surface area (Å²) in [6, 6.07) is 6.97. The quantitative estimate of drug-likeness (QED) is 0.785. The summed E-state index contributed by atoms with van der Waals surface area (Å²) in [7, 11) is 0. The van der Waals surface area contributed by atoms with E-state index in [1.165, 1.54) is 37.9 Å². The molecule has 1 aromatic carbocycles. The van der Waals surface area contributed by atoms with Crippen molar-refractivity contribution in [2.45, 2.75) is 38.1 Å². The second-order valence-corrected chi connectivity index (χ2v) is 6.44. The topological polar surface area (TPSA) is 15.3 Å². The highest BCUT2D eigenvalue weighted by Gasteiger charge is 2.46. The number of nitrogens with zero attached hydrogens (tertiary/aromatic N) is 1. The summed E-state index contributed by atoms with van der Waals surface area (Å²) in [6.07, 6.45) is 4.22. The van der Waals surface area contributed by atoms with Crippen molar-refractivity contribution in [3.8, 4) is 0 Å². The van der Waals surface area contributed by atoms with Gasteiger partial charge in [0.15, 0.2) is 0 Å². The van der Waals surface area contributed by atoms with Crippen LogP contribution in [0.4, 0.5) is 5.69 Å². The molecular weight excluding hydrogens is 256 g/mol. The Labute approximate surface area is 122 Å². The molecule has 2 heterocycles. The molecule has 19 heavy (non-hydrogen) atoms. The van der Waals surface area contributed by atoms with E-state index in [1.54, 1.807) is 11.3 Å². The fourth-order valence-corrected chi connectivity index (χ4v) is 4.45. The van der Waals surface area contributed by atoms with Crippen LogP contribution in [0.25, 0.3) is 0 Å². The van der Waals surface area contributed by atoms with E-state index in [-0.39, 0.29) is 12.4 Å². The lowest BCUT2D eigenvalue weighted by Gasteiger charge is -2.45. The minimum absolute atomic E-state index is 0. The van der Waals surface area contributed by atoms with Crippen molar-refractivity contribution in [1.29, 1.82) is 0 Å². The van der Waals surface area contributed by atoms with E-state index in [0.29, 0.717) is 5.41 Å². The van der Waals surface area contributed by atoms with Gasteiger partial charge in [-0.2, -0.15) is 0 Å². The van der Waals surface area contributed by atoms with Crippen LogP contribution in [0, 0.1) is 5.92 Å². The van der Waals surface area contributed by atoms with Gasteiger partial charge in [0.05, 0.1) is 0 Å². The van der Waals surface area contributed by atoms with Crippen molar-refractivity contribution in [2.24, 2.45) is 5.92 Å². The van der Waals surface area contributed by atoms with Gasteiger partial charge in [-0.05, 0) is 35.3 Å². The lowest BCUT2D eigenvalue weighted by molar-refractivity contribution is 0.327. The molecule has 1 saturated carbocycles. The van der Waals surface area contributed by atoms with Gasteiger partial charge < -0.3 is 10.2 Å². The molecule has 4 rings (SSSR count). The van der Waals surface area contributed by atoms with Gasteiger partial charge in [-0.3, -0.25) is 0 Å². The summed E-state index contributed by atoms with van der Waals surface area (Å²) < 4.78 is 0. The molecule has 0 spiro atoms. The molecule has 0 bridgehead atoms. The molecule has 2 unspecified atom stereocenters. The molecular formula is C16H23ClN2. The number of hydrogen-bond donors (Lipinski definition) is 1. The van der Waals surface area contributed by atoms with Crippen molar-refractivity contribution < 1.29 is 0 Å². The van der Waals surface area contributed by atoms with Crippen molar-refractivity contribution in [3.63, 3.8) is 0 Å². The number of halogens is 1. The Kier molecular flexibility index (Phi) is 3.26. The fraction of sp³-hybridized carbons (Fsp3) is 0.625. The van der Waals surface area contributed by atoms with E-state index in [9.17, 15) is 0 Å². The van der Waals surface area contributed by atoms with Crippen LogP contribution < -0.4 is 10.2 Å². The number of anilines is 1. The first kappa shape index (κ1) is 13.3. The second kappa shape index (κ2) is 4.68. The molecule has 3 heteroatoms. The Balaban J connectivity index is 0.00000110. The predicted octanol–water partition coefficient (Wildman–Crippen LogP) is 3.09. The summed E-state index contributed by atoms with van der Waals surface area (Å²) in [5.74, 6) is 0.873. The predicted molar refractivity (Wildman–Crippen MR) is 82.3 cm³/mol. The largest absolute Gasteiger partial charge is 0.369 e. The standard InChI is InChI=1S/C16H22N2.ClH/c1-16-7-3-5-13(16)11-18-9-8-17-10-12-4-2-6-14(16)15(12)18;/h2,4,6,13,17H,3,5,7-11H2,1H3;1H. The summed E-state index contributed by atoms with van der Waals surface area (Å²) in [5.41, 5.74) is 5.17. The zero-order valence-electron chi connectivity index (χ0n) is 11.6. The highest BCUT2D eigenvalue weighted by molar-refractivity contribution is 5.85. The molecule has 1 fully saturated rings. The SMILES string of the molecule is CC12CCCC1CN1CCNCc3cccc2c31.Cl. The maximum absolute atomic E-state index is 3.56. The van der Waals surface area contributed by atoms with E-state index in [2.05, 4.69) is 35.3 Å². The van der Waals surface area contributed by atoms with Gasteiger partial charge in [0.25, 0.3) is 0 Å². The van der Waals surface area contributed by atoms with Crippen LogP contribution in [-0.2, 0) is 12.0 Å². The molecule has 1 aliphatic carbocycles. The minimum Gasteiger partial charge on any atom is -0.369 e. The van der Waals surface area contributed by atoms with E-state index >= 15 is 0 Å². The third kappa shape index (κ3) is 1.80. The average Bonchev–Trinajstić information content (AvgIpc) is 2.64. The zero-order chi connectivity index (χ0) is 12.2. The smallest absolute Gasteiger partial charge is 0.0450 e. The van der Waals surface area contributed by atoms with Crippen LogP contribution >= 0.6 is 12.4 Å². The van der Waals surface area contributed by atoms with Gasteiger partial charge in [0.2, 0.25) is 0 Å². The third-order valence-corrected chi connectivity index (χ3v) is 5.52. The number of rotatable bonds is 0. The normalized spacial score (nSPS) is 32.1. The van der Waals surface area contributed by atoms with Crippen molar-refractivity contribution in [1.82, 2.24) is 5.32 Å². The third-order valence-electron chi connectivity index (χ3n) is 5.52. The first-order valence-corrected chi connectivity index (χ1v) is 7.37. The minimum atomic E-state index is 0. The van der Waals surface area contributed by atoms with Gasteiger partial charge in [0.1, 0.15) is 0 Å². The van der Waals surface area contributed by atoms with Gasteiger partial charge in [-0.25, -0.2) is 0 Å². The maximum Gasteiger partial charge on any atom is 0.0450 e. The van der Waals surface area contributed by atoms with Crippen LogP contribution in [0.1, 0.15) is 37.3 Å². The van der Waals surface area contributed by atoms with Gasteiger partial charge in [-0.1, -0.05) is 31.5 Å². The molecule has 1 aromatic rings. The molecule has 0 radical (unpaired) electrons. The number of para-hydroxylation sites is 1. The van der Waals surface area contributed by atoms with Crippen LogP contribution in [0.5, 0.6) is 0 Å². The summed E-state index contributed by atoms with van der Waals surface area (Å²) in [4.78, 5) is 2.66. The number of fused-ring (bicyclic) bond motifs is 2.